The number of nitrogens with one attached hydrogen (secondary N) is 1. The molecule has 0 aromatic carbocycles. The van der Waals surface area contributed by atoms with E-state index >= 15 is 0 Å². The second-order valence-electron chi connectivity index (χ2n) is 3.51. The van der Waals surface area contributed by atoms with Crippen LogP contribution in [0.1, 0.15) is 26.2 Å². The summed E-state index contributed by atoms with van der Waals surface area (Å²) in [6.45, 7) is 3.73. The fraction of sp³-hybridized carbons (Fsp3) is 0.583. The summed E-state index contributed by atoms with van der Waals surface area (Å²) in [6, 6.07) is 5.70. The lowest BCUT2D eigenvalue weighted by Gasteiger charge is -2.07. The third-order valence-corrected chi connectivity index (χ3v) is 2.16. The summed E-state index contributed by atoms with van der Waals surface area (Å²) in [5.41, 5.74) is 0. The van der Waals surface area contributed by atoms with Gasteiger partial charge in [0.05, 0.1) is 6.61 Å². The van der Waals surface area contributed by atoms with Gasteiger partial charge in [0.25, 0.3) is 0 Å². The first-order valence-corrected chi connectivity index (χ1v) is 5.81. The number of aliphatic hydroxyl groups is 1. The summed E-state index contributed by atoms with van der Waals surface area (Å²) in [5, 5.41) is 11.9. The fourth-order valence-electron chi connectivity index (χ4n) is 1.37. The Hall–Kier alpha value is -1.29. The molecule has 4 heteroatoms. The first-order chi connectivity index (χ1) is 7.86. The average Bonchev–Trinajstić information content (AvgIpc) is 2.30. The number of aromatic nitrogens is 1. The van der Waals surface area contributed by atoms with E-state index < -0.39 is 0 Å². The molecule has 0 unspecified atom stereocenters. The van der Waals surface area contributed by atoms with Crippen LogP contribution in [-0.2, 0) is 0 Å². The van der Waals surface area contributed by atoms with Crippen molar-refractivity contribution in [2.45, 2.75) is 26.2 Å². The van der Waals surface area contributed by atoms with E-state index in [1.165, 1.54) is 0 Å². The van der Waals surface area contributed by atoms with Crippen LogP contribution in [0.2, 0.25) is 0 Å². The Morgan fingerprint density at radius 2 is 2.19 bits per heavy atom. The van der Waals surface area contributed by atoms with Crippen LogP contribution in [-0.4, -0.2) is 29.8 Å². The van der Waals surface area contributed by atoms with Crippen LogP contribution in [0.15, 0.2) is 18.2 Å². The largest absolute Gasteiger partial charge is 0.478 e. The minimum absolute atomic E-state index is 0.276. The molecule has 0 amide bonds. The van der Waals surface area contributed by atoms with Crippen LogP contribution < -0.4 is 10.1 Å². The highest BCUT2D eigenvalue weighted by molar-refractivity contribution is 5.36. The van der Waals surface area contributed by atoms with Gasteiger partial charge in [-0.05, 0) is 32.3 Å². The topological polar surface area (TPSA) is 54.4 Å². The highest BCUT2D eigenvalue weighted by atomic mass is 16.5. The highest BCUT2D eigenvalue weighted by Crippen LogP contribution is 2.11. The zero-order chi connectivity index (χ0) is 11.6. The molecular formula is C12H20N2O2. The fourth-order valence-corrected chi connectivity index (χ4v) is 1.37. The van der Waals surface area contributed by atoms with Crippen molar-refractivity contribution in [3.8, 4) is 5.88 Å². The van der Waals surface area contributed by atoms with Crippen LogP contribution in [0.25, 0.3) is 0 Å². The molecule has 1 aromatic rings. The summed E-state index contributed by atoms with van der Waals surface area (Å²) in [5.74, 6) is 1.50. The van der Waals surface area contributed by atoms with Crippen molar-refractivity contribution >= 4 is 5.82 Å². The first kappa shape index (κ1) is 12.8. The molecular weight excluding hydrogens is 204 g/mol. The smallest absolute Gasteiger partial charge is 0.215 e. The molecule has 0 aliphatic heterocycles. The second kappa shape index (κ2) is 7.93. The van der Waals surface area contributed by atoms with Crippen molar-refractivity contribution in [3.05, 3.63) is 18.2 Å². The quantitative estimate of drug-likeness (QED) is 0.664. The monoisotopic (exact) mass is 224 g/mol. The predicted molar refractivity (Wildman–Crippen MR) is 64.8 cm³/mol. The minimum Gasteiger partial charge on any atom is -0.478 e. The molecule has 0 aliphatic carbocycles. The van der Waals surface area contributed by atoms with Crippen LogP contribution in [0, 0.1) is 0 Å². The van der Waals surface area contributed by atoms with E-state index in [2.05, 4.69) is 10.3 Å². The van der Waals surface area contributed by atoms with Crippen LogP contribution in [0.3, 0.4) is 0 Å². The normalized spacial score (nSPS) is 10.1. The van der Waals surface area contributed by atoms with E-state index in [1.54, 1.807) is 0 Å². The number of pyridine rings is 1. The van der Waals surface area contributed by atoms with Gasteiger partial charge in [-0.25, -0.2) is 0 Å². The van der Waals surface area contributed by atoms with Gasteiger partial charge in [0.1, 0.15) is 5.82 Å². The van der Waals surface area contributed by atoms with Crippen molar-refractivity contribution in [3.63, 3.8) is 0 Å². The van der Waals surface area contributed by atoms with Gasteiger partial charge in [0, 0.05) is 19.2 Å². The van der Waals surface area contributed by atoms with Crippen LogP contribution in [0.4, 0.5) is 5.82 Å². The van der Waals surface area contributed by atoms with Crippen molar-refractivity contribution in [2.75, 3.05) is 25.1 Å². The highest BCUT2D eigenvalue weighted by Gasteiger charge is 1.96. The standard InChI is InChI=1S/C12H20N2O2/c1-2-16-12-8-6-7-11(14-12)13-9-4-3-5-10-15/h6-8,15H,2-5,9-10H2,1H3,(H,13,14). The molecule has 0 aliphatic rings. The number of nitrogens with zero attached hydrogens (tertiary/aromatic N) is 1. The number of rotatable bonds is 8. The zero-order valence-corrected chi connectivity index (χ0v) is 9.78. The molecule has 1 rings (SSSR count). The maximum absolute atomic E-state index is 8.63. The molecule has 1 aromatic heterocycles. The van der Waals surface area contributed by atoms with E-state index in [-0.39, 0.29) is 6.61 Å². The van der Waals surface area contributed by atoms with Crippen molar-refractivity contribution in [2.24, 2.45) is 0 Å². The first-order valence-electron chi connectivity index (χ1n) is 5.81. The number of aliphatic hydroxyl groups excluding tert-OH is 1. The van der Waals surface area contributed by atoms with Gasteiger partial charge >= 0.3 is 0 Å². The molecule has 2 N–H and O–H groups in total. The third kappa shape index (κ3) is 4.98. The maximum Gasteiger partial charge on any atom is 0.215 e. The number of hydrogen-bond donors (Lipinski definition) is 2. The van der Waals surface area contributed by atoms with E-state index in [9.17, 15) is 0 Å². The molecule has 0 saturated carbocycles. The molecule has 0 atom stereocenters. The van der Waals surface area contributed by atoms with Gasteiger partial charge < -0.3 is 15.2 Å². The molecule has 90 valence electrons. The lowest BCUT2D eigenvalue weighted by atomic mass is 10.2. The molecule has 16 heavy (non-hydrogen) atoms. The predicted octanol–water partition coefficient (Wildman–Crippen LogP) is 2.05. The summed E-state index contributed by atoms with van der Waals surface area (Å²) in [7, 11) is 0. The zero-order valence-electron chi connectivity index (χ0n) is 9.78. The Labute approximate surface area is 96.7 Å². The van der Waals surface area contributed by atoms with E-state index in [1.807, 2.05) is 25.1 Å². The van der Waals surface area contributed by atoms with Crippen molar-refractivity contribution < 1.29 is 9.84 Å². The van der Waals surface area contributed by atoms with E-state index in [0.29, 0.717) is 12.5 Å². The van der Waals surface area contributed by atoms with Crippen LogP contribution in [0.5, 0.6) is 5.88 Å². The molecule has 0 saturated heterocycles. The van der Waals surface area contributed by atoms with Crippen molar-refractivity contribution in [1.82, 2.24) is 4.98 Å². The average molecular weight is 224 g/mol. The van der Waals surface area contributed by atoms with Gasteiger partial charge in [0.15, 0.2) is 0 Å². The van der Waals surface area contributed by atoms with Gasteiger partial charge in [0.2, 0.25) is 5.88 Å². The maximum atomic E-state index is 8.63. The molecule has 1 heterocycles. The number of ether oxygens (including phenoxy) is 1. The molecule has 4 nitrogen and oxygen atoms in total. The Morgan fingerprint density at radius 1 is 1.31 bits per heavy atom. The molecule has 0 bridgehead atoms. The van der Waals surface area contributed by atoms with Crippen molar-refractivity contribution in [1.29, 1.82) is 0 Å². The van der Waals surface area contributed by atoms with Gasteiger partial charge in [-0.2, -0.15) is 4.98 Å². The van der Waals surface area contributed by atoms with Gasteiger partial charge in [-0.15, -0.1) is 0 Å². The van der Waals surface area contributed by atoms with E-state index in [4.69, 9.17) is 9.84 Å². The summed E-state index contributed by atoms with van der Waals surface area (Å²) < 4.78 is 5.31. The molecule has 0 fully saturated rings. The van der Waals surface area contributed by atoms with Gasteiger partial charge in [-0.1, -0.05) is 6.07 Å². The summed E-state index contributed by atoms with van der Waals surface area (Å²) in [6.07, 6.45) is 2.95. The third-order valence-electron chi connectivity index (χ3n) is 2.16. The number of hydrogen-bond acceptors (Lipinski definition) is 4. The Morgan fingerprint density at radius 3 is 2.94 bits per heavy atom. The van der Waals surface area contributed by atoms with Crippen LogP contribution >= 0.6 is 0 Å². The van der Waals surface area contributed by atoms with E-state index in [0.717, 1.165) is 31.6 Å². The minimum atomic E-state index is 0.276. The van der Waals surface area contributed by atoms with Gasteiger partial charge in [-0.3, -0.25) is 0 Å². The summed E-state index contributed by atoms with van der Waals surface area (Å²) >= 11 is 0. The Kier molecular flexibility index (Phi) is 6.33. The lowest BCUT2D eigenvalue weighted by molar-refractivity contribution is 0.283. The number of unbranched alkanes of at least 4 members (excludes halogenated alkanes) is 2. The summed E-state index contributed by atoms with van der Waals surface area (Å²) in [4.78, 5) is 4.30. The Balaban J connectivity index is 2.27. The Bertz CT molecular complexity index is 292. The number of anilines is 1. The molecule has 0 spiro atoms. The SMILES string of the molecule is CCOc1cccc(NCCCCCO)n1. The second-order valence-corrected chi connectivity index (χ2v) is 3.51. The lowest BCUT2D eigenvalue weighted by Crippen LogP contribution is -2.04. The molecule has 0 radical (unpaired) electrons.